The van der Waals surface area contributed by atoms with Crippen LogP contribution in [0.4, 0.5) is 4.39 Å². The highest BCUT2D eigenvalue weighted by Gasteiger charge is 2.31. The highest BCUT2D eigenvalue weighted by atomic mass is 19.1. The molecule has 4 N–H and O–H groups in total. The molecule has 31 heavy (non-hydrogen) atoms. The van der Waals surface area contributed by atoms with E-state index in [1.54, 1.807) is 12.1 Å². The fraction of sp³-hybridized carbons (Fsp3) is 0.400. The fourth-order valence-corrected chi connectivity index (χ4v) is 5.04. The number of likely N-dealkylation sites (tertiary alicyclic amines) is 1. The van der Waals surface area contributed by atoms with Crippen LogP contribution in [0.3, 0.4) is 0 Å². The maximum Gasteiger partial charge on any atom is 0.267 e. The highest BCUT2D eigenvalue weighted by Crippen LogP contribution is 2.27. The summed E-state index contributed by atoms with van der Waals surface area (Å²) in [5.74, 6) is -0.307. The number of nitrogens with two attached hydrogens (primary N) is 1. The third kappa shape index (κ3) is 4.36. The Morgan fingerprint density at radius 2 is 1.74 bits per heavy atom. The summed E-state index contributed by atoms with van der Waals surface area (Å²) in [6.45, 7) is 1.96. The average Bonchev–Trinajstić information content (AvgIpc) is 3.41. The number of carbonyl (C=O) groups is 1. The minimum absolute atomic E-state index is 0.0583. The molecular weight excluding hydrogens is 391 g/mol. The molecule has 1 aromatic heterocycles. The smallest absolute Gasteiger partial charge is 0.267 e. The molecule has 1 aliphatic carbocycles. The Balaban J connectivity index is 1.24. The Bertz CT molecular complexity index is 1070. The number of rotatable bonds is 4. The van der Waals surface area contributed by atoms with E-state index in [9.17, 15) is 9.18 Å². The largest absolute Gasteiger partial charge is 0.351 e. The number of aromatic amines is 1. The Morgan fingerprint density at radius 1 is 1.00 bits per heavy atom. The predicted octanol–water partition coefficient (Wildman–Crippen LogP) is 4.05. The first-order valence-corrected chi connectivity index (χ1v) is 11.2. The lowest BCUT2D eigenvalue weighted by molar-refractivity contribution is 0.0930. The van der Waals surface area contributed by atoms with E-state index >= 15 is 0 Å². The fourth-order valence-electron chi connectivity index (χ4n) is 5.04. The van der Waals surface area contributed by atoms with Crippen LogP contribution in [0.5, 0.6) is 0 Å². The molecule has 5 rings (SSSR count). The van der Waals surface area contributed by atoms with Crippen LogP contribution in [0.1, 0.15) is 42.6 Å². The lowest BCUT2D eigenvalue weighted by atomic mass is 9.91. The second-order valence-corrected chi connectivity index (χ2v) is 9.01. The van der Waals surface area contributed by atoms with Gasteiger partial charge in [0, 0.05) is 42.1 Å². The lowest BCUT2D eigenvalue weighted by Crippen LogP contribution is -2.42. The third-order valence-electron chi connectivity index (χ3n) is 6.86. The van der Waals surface area contributed by atoms with Crippen molar-refractivity contribution in [2.24, 2.45) is 5.73 Å². The number of aromatic nitrogens is 1. The van der Waals surface area contributed by atoms with Gasteiger partial charge in [-0.15, -0.1) is 0 Å². The van der Waals surface area contributed by atoms with Crippen LogP contribution in [0.25, 0.3) is 22.0 Å². The van der Waals surface area contributed by atoms with Crippen LogP contribution in [0.2, 0.25) is 0 Å². The SMILES string of the molecule is NC1CCC(N2CCC(NC(=O)c3cc4ccc(-c5ccc(F)cc5)cc4[nH]3)C2)CC1. The van der Waals surface area contributed by atoms with E-state index < -0.39 is 0 Å². The molecule has 2 aliphatic rings. The quantitative estimate of drug-likeness (QED) is 0.596. The van der Waals surface area contributed by atoms with Crippen molar-refractivity contribution >= 4 is 16.8 Å². The number of nitrogens with one attached hydrogen (secondary N) is 2. The topological polar surface area (TPSA) is 74.2 Å². The van der Waals surface area contributed by atoms with Crippen LogP contribution in [0, 0.1) is 5.82 Å². The molecule has 2 fully saturated rings. The highest BCUT2D eigenvalue weighted by molar-refractivity contribution is 5.99. The molecule has 1 amide bonds. The van der Waals surface area contributed by atoms with E-state index in [2.05, 4.69) is 15.2 Å². The summed E-state index contributed by atoms with van der Waals surface area (Å²) in [4.78, 5) is 18.7. The summed E-state index contributed by atoms with van der Waals surface area (Å²) in [5.41, 5.74) is 9.45. The van der Waals surface area contributed by atoms with Crippen molar-refractivity contribution in [3.63, 3.8) is 0 Å². The van der Waals surface area contributed by atoms with Crippen molar-refractivity contribution in [2.75, 3.05) is 13.1 Å². The first-order chi connectivity index (χ1) is 15.0. The van der Waals surface area contributed by atoms with Gasteiger partial charge in [0.15, 0.2) is 0 Å². The summed E-state index contributed by atoms with van der Waals surface area (Å²) in [6.07, 6.45) is 5.53. The zero-order valence-electron chi connectivity index (χ0n) is 17.6. The third-order valence-corrected chi connectivity index (χ3v) is 6.86. The predicted molar refractivity (Wildman–Crippen MR) is 121 cm³/mol. The monoisotopic (exact) mass is 420 g/mol. The normalized spacial score (nSPS) is 24.5. The zero-order chi connectivity index (χ0) is 21.4. The van der Waals surface area contributed by atoms with Gasteiger partial charge in [0.05, 0.1) is 0 Å². The van der Waals surface area contributed by atoms with Gasteiger partial charge < -0.3 is 16.0 Å². The summed E-state index contributed by atoms with van der Waals surface area (Å²) < 4.78 is 13.2. The minimum atomic E-state index is -0.249. The molecule has 0 radical (unpaired) electrons. The van der Waals surface area contributed by atoms with E-state index in [0.29, 0.717) is 17.8 Å². The minimum Gasteiger partial charge on any atom is -0.351 e. The molecule has 0 spiro atoms. The first kappa shape index (κ1) is 20.2. The zero-order valence-corrected chi connectivity index (χ0v) is 17.6. The Morgan fingerprint density at radius 3 is 2.52 bits per heavy atom. The number of hydrogen-bond donors (Lipinski definition) is 3. The number of H-pyrrole nitrogens is 1. The number of nitrogens with zero attached hydrogens (tertiary/aromatic N) is 1. The van der Waals surface area contributed by atoms with Gasteiger partial charge in [-0.25, -0.2) is 4.39 Å². The number of halogens is 1. The summed E-state index contributed by atoms with van der Waals surface area (Å²) in [6, 6.07) is 15.5. The van der Waals surface area contributed by atoms with Gasteiger partial charge in [-0.1, -0.05) is 24.3 Å². The van der Waals surface area contributed by atoms with Crippen LogP contribution in [-0.2, 0) is 0 Å². The number of benzene rings is 2. The molecule has 3 aromatic rings. The van der Waals surface area contributed by atoms with Gasteiger partial charge >= 0.3 is 0 Å². The Hall–Kier alpha value is -2.70. The number of carbonyl (C=O) groups excluding carboxylic acids is 1. The number of fused-ring (bicyclic) bond motifs is 1. The van der Waals surface area contributed by atoms with E-state index in [0.717, 1.165) is 54.4 Å². The molecule has 1 atom stereocenters. The summed E-state index contributed by atoms with van der Waals surface area (Å²) in [5, 5.41) is 4.20. The van der Waals surface area contributed by atoms with Crippen LogP contribution in [0.15, 0.2) is 48.5 Å². The number of hydrogen-bond acceptors (Lipinski definition) is 3. The molecule has 0 bridgehead atoms. The second-order valence-electron chi connectivity index (χ2n) is 9.01. The van der Waals surface area contributed by atoms with Crippen molar-refractivity contribution < 1.29 is 9.18 Å². The molecule has 1 saturated heterocycles. The Labute approximate surface area is 181 Å². The van der Waals surface area contributed by atoms with Crippen molar-refractivity contribution in [2.45, 2.75) is 50.2 Å². The van der Waals surface area contributed by atoms with Gasteiger partial charge in [-0.05, 0) is 67.5 Å². The molecular formula is C25H29FN4O. The van der Waals surface area contributed by atoms with Gasteiger partial charge in [-0.3, -0.25) is 9.69 Å². The van der Waals surface area contributed by atoms with E-state index in [4.69, 9.17) is 5.73 Å². The molecule has 2 aromatic carbocycles. The van der Waals surface area contributed by atoms with Crippen LogP contribution in [-0.4, -0.2) is 47.0 Å². The standard InChI is InChI=1S/C25H29FN4O/c26-19-5-3-16(4-6-19)17-1-2-18-14-24(29-23(18)13-17)25(31)28-21-11-12-30(15-21)22-9-7-20(27)8-10-22/h1-6,13-14,20-22,29H,7-12,15,27H2,(H,28,31). The molecule has 1 aliphatic heterocycles. The second kappa shape index (κ2) is 8.44. The van der Waals surface area contributed by atoms with Crippen LogP contribution < -0.4 is 11.1 Å². The van der Waals surface area contributed by atoms with Gasteiger partial charge in [0.2, 0.25) is 0 Å². The van der Waals surface area contributed by atoms with Gasteiger partial charge in [-0.2, -0.15) is 0 Å². The molecule has 6 heteroatoms. The molecule has 162 valence electrons. The van der Waals surface area contributed by atoms with Crippen LogP contribution >= 0.6 is 0 Å². The van der Waals surface area contributed by atoms with Crippen molar-refractivity contribution in [1.82, 2.24) is 15.2 Å². The van der Waals surface area contributed by atoms with E-state index in [1.165, 1.54) is 25.0 Å². The van der Waals surface area contributed by atoms with Crippen molar-refractivity contribution in [3.05, 3.63) is 60.0 Å². The van der Waals surface area contributed by atoms with Crippen molar-refractivity contribution in [3.8, 4) is 11.1 Å². The number of amides is 1. The lowest BCUT2D eigenvalue weighted by Gasteiger charge is -2.33. The summed E-state index contributed by atoms with van der Waals surface area (Å²) >= 11 is 0. The van der Waals surface area contributed by atoms with Gasteiger partial charge in [0.25, 0.3) is 5.91 Å². The Kier molecular flexibility index (Phi) is 5.50. The van der Waals surface area contributed by atoms with Gasteiger partial charge in [0.1, 0.15) is 11.5 Å². The maximum absolute atomic E-state index is 13.2. The molecule has 1 unspecified atom stereocenters. The van der Waals surface area contributed by atoms with E-state index in [-0.39, 0.29) is 17.8 Å². The molecule has 1 saturated carbocycles. The van der Waals surface area contributed by atoms with E-state index in [1.807, 2.05) is 24.3 Å². The first-order valence-electron chi connectivity index (χ1n) is 11.2. The average molecular weight is 421 g/mol. The maximum atomic E-state index is 13.2. The molecule has 5 nitrogen and oxygen atoms in total. The van der Waals surface area contributed by atoms with Crippen molar-refractivity contribution in [1.29, 1.82) is 0 Å². The summed E-state index contributed by atoms with van der Waals surface area (Å²) in [7, 11) is 0. The molecule has 2 heterocycles.